The molecule has 1 heterocycles. The predicted molar refractivity (Wildman–Crippen MR) is 86.1 cm³/mol. The standard InChI is InChI=1S/C15H24BrN3/c1-12-9-13(5-6-15(12)16)19-8-4-7-18(3)11-14(19)10-17-2/h5-6,9,14,17H,4,7-8,10-11H2,1-3H3. The van der Waals surface area contributed by atoms with Crippen LogP contribution in [0.1, 0.15) is 12.0 Å². The summed E-state index contributed by atoms with van der Waals surface area (Å²) in [5.41, 5.74) is 2.65. The van der Waals surface area contributed by atoms with Crippen molar-refractivity contribution < 1.29 is 0 Å². The molecular weight excluding hydrogens is 302 g/mol. The fraction of sp³-hybridized carbons (Fsp3) is 0.600. The van der Waals surface area contributed by atoms with Crippen molar-refractivity contribution in [2.24, 2.45) is 0 Å². The highest BCUT2D eigenvalue weighted by Gasteiger charge is 2.23. The molecule has 1 aromatic carbocycles. The molecule has 1 atom stereocenters. The average Bonchev–Trinajstić information content (AvgIpc) is 2.55. The third kappa shape index (κ3) is 3.71. The summed E-state index contributed by atoms with van der Waals surface area (Å²) in [7, 11) is 4.26. The fourth-order valence-corrected chi connectivity index (χ4v) is 3.05. The molecule has 4 heteroatoms. The Bertz CT molecular complexity index is 422. The second kappa shape index (κ2) is 6.73. The molecule has 19 heavy (non-hydrogen) atoms. The van der Waals surface area contributed by atoms with Gasteiger partial charge >= 0.3 is 0 Å². The molecule has 0 radical (unpaired) electrons. The minimum atomic E-state index is 0.540. The minimum Gasteiger partial charge on any atom is -0.366 e. The van der Waals surface area contributed by atoms with Crippen molar-refractivity contribution >= 4 is 21.6 Å². The van der Waals surface area contributed by atoms with E-state index in [1.165, 1.54) is 28.7 Å². The molecule has 1 N–H and O–H groups in total. The topological polar surface area (TPSA) is 18.5 Å². The smallest absolute Gasteiger partial charge is 0.0541 e. The van der Waals surface area contributed by atoms with Crippen LogP contribution in [0.4, 0.5) is 5.69 Å². The van der Waals surface area contributed by atoms with Crippen molar-refractivity contribution in [2.45, 2.75) is 19.4 Å². The van der Waals surface area contributed by atoms with Gasteiger partial charge in [-0.2, -0.15) is 0 Å². The van der Waals surface area contributed by atoms with E-state index in [4.69, 9.17) is 0 Å². The zero-order valence-electron chi connectivity index (χ0n) is 12.1. The van der Waals surface area contributed by atoms with E-state index in [-0.39, 0.29) is 0 Å². The first-order valence-electron chi connectivity index (χ1n) is 6.97. The van der Waals surface area contributed by atoms with Crippen LogP contribution in [0.15, 0.2) is 22.7 Å². The highest BCUT2D eigenvalue weighted by molar-refractivity contribution is 9.10. The first-order chi connectivity index (χ1) is 9.11. The first-order valence-corrected chi connectivity index (χ1v) is 7.77. The van der Waals surface area contributed by atoms with Gasteiger partial charge in [0.15, 0.2) is 0 Å². The Morgan fingerprint density at radius 3 is 2.84 bits per heavy atom. The number of rotatable bonds is 3. The Hall–Kier alpha value is -0.580. The predicted octanol–water partition coefficient (Wildman–Crippen LogP) is 2.49. The van der Waals surface area contributed by atoms with E-state index < -0.39 is 0 Å². The maximum Gasteiger partial charge on any atom is 0.0541 e. The van der Waals surface area contributed by atoms with E-state index in [2.05, 4.69) is 63.2 Å². The molecule has 0 amide bonds. The molecule has 2 rings (SSSR count). The number of anilines is 1. The Labute approximate surface area is 125 Å². The van der Waals surface area contributed by atoms with Gasteiger partial charge in [-0.3, -0.25) is 0 Å². The highest BCUT2D eigenvalue weighted by atomic mass is 79.9. The highest BCUT2D eigenvalue weighted by Crippen LogP contribution is 2.25. The van der Waals surface area contributed by atoms with Crippen molar-refractivity contribution in [1.82, 2.24) is 10.2 Å². The van der Waals surface area contributed by atoms with E-state index in [0.29, 0.717) is 6.04 Å². The third-order valence-electron chi connectivity index (χ3n) is 3.81. The molecule has 1 saturated heterocycles. The summed E-state index contributed by atoms with van der Waals surface area (Å²) in [5.74, 6) is 0. The van der Waals surface area contributed by atoms with Gasteiger partial charge < -0.3 is 15.1 Å². The summed E-state index contributed by atoms with van der Waals surface area (Å²) in [6.45, 7) is 6.63. The summed E-state index contributed by atoms with van der Waals surface area (Å²) in [4.78, 5) is 4.99. The van der Waals surface area contributed by atoms with E-state index in [9.17, 15) is 0 Å². The zero-order chi connectivity index (χ0) is 13.8. The first kappa shape index (κ1) is 14.8. The number of hydrogen-bond donors (Lipinski definition) is 1. The van der Waals surface area contributed by atoms with Gasteiger partial charge in [-0.1, -0.05) is 15.9 Å². The Morgan fingerprint density at radius 1 is 1.37 bits per heavy atom. The average molecular weight is 326 g/mol. The van der Waals surface area contributed by atoms with Gasteiger partial charge in [0, 0.05) is 29.8 Å². The number of nitrogens with one attached hydrogen (secondary N) is 1. The number of hydrogen-bond acceptors (Lipinski definition) is 3. The van der Waals surface area contributed by atoms with Crippen molar-refractivity contribution in [3.05, 3.63) is 28.2 Å². The second-order valence-electron chi connectivity index (χ2n) is 5.45. The van der Waals surface area contributed by atoms with E-state index >= 15 is 0 Å². The summed E-state index contributed by atoms with van der Waals surface area (Å²) in [5, 5.41) is 3.33. The van der Waals surface area contributed by atoms with Crippen molar-refractivity contribution in [1.29, 1.82) is 0 Å². The minimum absolute atomic E-state index is 0.540. The molecule has 1 aliphatic heterocycles. The maximum atomic E-state index is 3.59. The normalized spacial score (nSPS) is 21.5. The summed E-state index contributed by atoms with van der Waals surface area (Å²) < 4.78 is 1.19. The molecule has 0 aliphatic carbocycles. The number of benzene rings is 1. The van der Waals surface area contributed by atoms with Gasteiger partial charge in [0.2, 0.25) is 0 Å². The number of aryl methyl sites for hydroxylation is 1. The monoisotopic (exact) mass is 325 g/mol. The number of halogens is 1. The molecule has 1 fully saturated rings. The van der Waals surface area contributed by atoms with Crippen LogP contribution in [-0.4, -0.2) is 51.2 Å². The molecule has 1 aliphatic rings. The molecular formula is C15H24BrN3. The van der Waals surface area contributed by atoms with E-state index in [1.54, 1.807) is 0 Å². The molecule has 0 saturated carbocycles. The molecule has 3 nitrogen and oxygen atoms in total. The lowest BCUT2D eigenvalue weighted by Gasteiger charge is -2.33. The molecule has 0 aromatic heterocycles. The molecule has 1 unspecified atom stereocenters. The van der Waals surface area contributed by atoms with Gasteiger partial charge in [0.05, 0.1) is 6.04 Å². The van der Waals surface area contributed by atoms with Crippen molar-refractivity contribution in [2.75, 3.05) is 45.2 Å². The SMILES string of the molecule is CNCC1CN(C)CCCN1c1ccc(Br)c(C)c1. The van der Waals surface area contributed by atoms with Gasteiger partial charge in [0.1, 0.15) is 0 Å². The summed E-state index contributed by atoms with van der Waals surface area (Å²) in [6, 6.07) is 7.22. The van der Waals surface area contributed by atoms with Crippen LogP contribution >= 0.6 is 15.9 Å². The van der Waals surface area contributed by atoms with Gasteiger partial charge in [0.25, 0.3) is 0 Å². The number of likely N-dealkylation sites (N-methyl/N-ethyl adjacent to an activating group) is 2. The molecule has 0 spiro atoms. The summed E-state index contributed by atoms with van der Waals surface area (Å²) >= 11 is 3.59. The second-order valence-corrected chi connectivity index (χ2v) is 6.31. The van der Waals surface area contributed by atoms with Gasteiger partial charge in [-0.25, -0.2) is 0 Å². The van der Waals surface area contributed by atoms with Crippen LogP contribution in [0.3, 0.4) is 0 Å². The van der Waals surface area contributed by atoms with Gasteiger partial charge in [-0.05, 0) is 57.7 Å². The van der Waals surface area contributed by atoms with Crippen LogP contribution in [0.2, 0.25) is 0 Å². The lowest BCUT2D eigenvalue weighted by atomic mass is 10.1. The van der Waals surface area contributed by atoms with E-state index in [0.717, 1.165) is 19.6 Å². The Balaban J connectivity index is 2.24. The summed E-state index contributed by atoms with van der Waals surface area (Å²) in [6.07, 6.45) is 1.23. The Kier molecular flexibility index (Phi) is 5.25. The van der Waals surface area contributed by atoms with E-state index in [1.807, 2.05) is 7.05 Å². The van der Waals surface area contributed by atoms with Crippen LogP contribution in [0, 0.1) is 6.92 Å². The maximum absolute atomic E-state index is 3.59. The lowest BCUT2D eigenvalue weighted by Crippen LogP contribution is -2.46. The van der Waals surface area contributed by atoms with Gasteiger partial charge in [-0.15, -0.1) is 0 Å². The molecule has 0 bridgehead atoms. The Morgan fingerprint density at radius 2 is 2.16 bits per heavy atom. The van der Waals surface area contributed by atoms with Crippen LogP contribution in [0.25, 0.3) is 0 Å². The van der Waals surface area contributed by atoms with Crippen LogP contribution < -0.4 is 10.2 Å². The third-order valence-corrected chi connectivity index (χ3v) is 4.70. The molecule has 1 aromatic rings. The largest absolute Gasteiger partial charge is 0.366 e. The quantitative estimate of drug-likeness (QED) is 0.921. The fourth-order valence-electron chi connectivity index (χ4n) is 2.80. The number of nitrogens with zero attached hydrogens (tertiary/aromatic N) is 2. The lowest BCUT2D eigenvalue weighted by molar-refractivity contribution is 0.328. The molecule has 106 valence electrons. The van der Waals surface area contributed by atoms with Crippen molar-refractivity contribution in [3.63, 3.8) is 0 Å². The van der Waals surface area contributed by atoms with Crippen LogP contribution in [-0.2, 0) is 0 Å². The van der Waals surface area contributed by atoms with Crippen LogP contribution in [0.5, 0.6) is 0 Å². The zero-order valence-corrected chi connectivity index (χ0v) is 13.7. The van der Waals surface area contributed by atoms with Crippen molar-refractivity contribution in [3.8, 4) is 0 Å².